The first-order valence-electron chi connectivity index (χ1n) is 9.63. The van der Waals surface area contributed by atoms with Gasteiger partial charge in [-0.25, -0.2) is 9.37 Å². The van der Waals surface area contributed by atoms with Crippen LogP contribution in [0.3, 0.4) is 0 Å². The molecule has 9 heteroatoms. The summed E-state index contributed by atoms with van der Waals surface area (Å²) in [6.45, 7) is 7.90. The third kappa shape index (κ3) is 3.40. The summed E-state index contributed by atoms with van der Waals surface area (Å²) in [5.41, 5.74) is 0.301. The first-order valence-corrected chi connectivity index (χ1v) is 10.4. The summed E-state index contributed by atoms with van der Waals surface area (Å²) in [5, 5.41) is 8.78. The third-order valence-electron chi connectivity index (χ3n) is 5.17. The van der Waals surface area contributed by atoms with Crippen LogP contribution in [0.2, 0.25) is 0 Å². The zero-order valence-corrected chi connectivity index (χ0v) is 16.9. The van der Waals surface area contributed by atoms with Gasteiger partial charge in [0.1, 0.15) is 17.2 Å². The van der Waals surface area contributed by atoms with Gasteiger partial charge in [-0.2, -0.15) is 0 Å². The molecule has 0 spiro atoms. The molecule has 0 saturated heterocycles. The van der Waals surface area contributed by atoms with E-state index in [2.05, 4.69) is 33.9 Å². The Bertz CT molecular complexity index is 996. The molecule has 0 fully saturated rings. The highest BCUT2D eigenvalue weighted by Gasteiger charge is 2.29. The molecule has 1 aliphatic rings. The van der Waals surface area contributed by atoms with Crippen molar-refractivity contribution < 1.29 is 9.18 Å². The Morgan fingerprint density at radius 3 is 2.82 bits per heavy atom. The summed E-state index contributed by atoms with van der Waals surface area (Å²) in [5.74, 6) is 0.584. The maximum absolute atomic E-state index is 14.1. The minimum absolute atomic E-state index is 0.229. The second-order valence-electron chi connectivity index (χ2n) is 6.76. The molecule has 1 aromatic carbocycles. The van der Waals surface area contributed by atoms with Crippen molar-refractivity contribution in [2.45, 2.75) is 33.2 Å². The molecule has 2 aromatic heterocycles. The number of likely N-dealkylation sites (N-methyl/N-ethyl adjacent to an activating group) is 1. The van der Waals surface area contributed by atoms with E-state index >= 15 is 0 Å². The van der Waals surface area contributed by atoms with Gasteiger partial charge in [0.25, 0.3) is 5.91 Å². The Balaban J connectivity index is 1.70. The van der Waals surface area contributed by atoms with Gasteiger partial charge in [-0.1, -0.05) is 31.3 Å². The van der Waals surface area contributed by atoms with Gasteiger partial charge < -0.3 is 9.47 Å². The fraction of sp³-hybridized carbons (Fsp3) is 0.474. The number of fused-ring (bicyclic) bond motifs is 2. The summed E-state index contributed by atoms with van der Waals surface area (Å²) < 4.78 is 16.8. The summed E-state index contributed by atoms with van der Waals surface area (Å²) in [7, 11) is 0. The standard InChI is InChI=1S/C19H23FN6OS/c1-3-24(4-2)11-12-26(18(27)17-23-22-15-9-6-10-25(15)17)19-21-16-13(20)7-5-8-14(16)28-19/h5,7-8H,3-4,6,9-12H2,1-2H3. The van der Waals surface area contributed by atoms with Crippen molar-refractivity contribution in [1.82, 2.24) is 24.6 Å². The fourth-order valence-electron chi connectivity index (χ4n) is 3.51. The summed E-state index contributed by atoms with van der Waals surface area (Å²) in [4.78, 5) is 21.7. The smallest absolute Gasteiger partial charge is 0.298 e. The van der Waals surface area contributed by atoms with Gasteiger partial charge in [-0.3, -0.25) is 9.69 Å². The molecule has 0 unspecified atom stereocenters. The van der Waals surface area contributed by atoms with Crippen molar-refractivity contribution in [2.75, 3.05) is 31.1 Å². The lowest BCUT2D eigenvalue weighted by molar-refractivity contribution is 0.0969. The van der Waals surface area contributed by atoms with Crippen molar-refractivity contribution in [1.29, 1.82) is 0 Å². The molecule has 3 aromatic rings. The van der Waals surface area contributed by atoms with Crippen LogP contribution in [0.25, 0.3) is 10.2 Å². The maximum atomic E-state index is 14.1. The maximum Gasteiger partial charge on any atom is 0.298 e. The third-order valence-corrected chi connectivity index (χ3v) is 6.21. The highest BCUT2D eigenvalue weighted by molar-refractivity contribution is 7.22. The van der Waals surface area contributed by atoms with Gasteiger partial charge >= 0.3 is 0 Å². The molecule has 0 bridgehead atoms. The van der Waals surface area contributed by atoms with E-state index < -0.39 is 0 Å². The minimum atomic E-state index is -0.375. The van der Waals surface area contributed by atoms with Crippen molar-refractivity contribution >= 4 is 32.6 Å². The molecule has 0 N–H and O–H groups in total. The van der Waals surface area contributed by atoms with Gasteiger partial charge in [0.05, 0.1) is 4.70 Å². The van der Waals surface area contributed by atoms with Crippen LogP contribution < -0.4 is 4.90 Å². The molecule has 7 nitrogen and oxygen atoms in total. The van der Waals surface area contributed by atoms with Crippen LogP contribution in [0.1, 0.15) is 36.7 Å². The highest BCUT2D eigenvalue weighted by Crippen LogP contribution is 2.31. The molecular weight excluding hydrogens is 379 g/mol. The quantitative estimate of drug-likeness (QED) is 0.608. The minimum Gasteiger partial charge on any atom is -0.307 e. The van der Waals surface area contributed by atoms with E-state index in [0.717, 1.165) is 43.0 Å². The van der Waals surface area contributed by atoms with Gasteiger partial charge in [0.15, 0.2) is 5.13 Å². The van der Waals surface area contributed by atoms with E-state index in [1.54, 1.807) is 11.0 Å². The first kappa shape index (κ1) is 18.9. The Morgan fingerprint density at radius 2 is 2.07 bits per heavy atom. The number of para-hydroxylation sites is 1. The second-order valence-corrected chi connectivity index (χ2v) is 7.77. The number of thiazole rings is 1. The van der Waals surface area contributed by atoms with Crippen LogP contribution in [0.5, 0.6) is 0 Å². The molecule has 0 saturated carbocycles. The number of rotatable bonds is 7. The number of nitrogens with zero attached hydrogens (tertiary/aromatic N) is 6. The number of aryl methyl sites for hydroxylation is 1. The van der Waals surface area contributed by atoms with Gasteiger partial charge in [-0.15, -0.1) is 10.2 Å². The van der Waals surface area contributed by atoms with Crippen LogP contribution in [-0.2, 0) is 13.0 Å². The SMILES string of the molecule is CCN(CC)CCN(C(=O)c1nnc2n1CCC2)c1nc2c(F)cccc2s1. The average molecular weight is 402 g/mol. The molecule has 148 valence electrons. The molecule has 0 radical (unpaired) electrons. The number of hydrogen-bond donors (Lipinski definition) is 0. The summed E-state index contributed by atoms with van der Waals surface area (Å²) >= 11 is 1.32. The average Bonchev–Trinajstić information content (AvgIpc) is 3.40. The Labute approximate surface area is 166 Å². The zero-order valence-electron chi connectivity index (χ0n) is 16.1. The van der Waals surface area contributed by atoms with Crippen molar-refractivity contribution in [2.24, 2.45) is 0 Å². The number of anilines is 1. The Kier molecular flexibility index (Phi) is 5.36. The topological polar surface area (TPSA) is 67.2 Å². The van der Waals surface area contributed by atoms with Crippen molar-refractivity contribution in [3.63, 3.8) is 0 Å². The lowest BCUT2D eigenvalue weighted by Gasteiger charge is -2.24. The molecular formula is C19H23FN6OS. The number of amides is 1. The molecule has 28 heavy (non-hydrogen) atoms. The van der Waals surface area contributed by atoms with Crippen LogP contribution in [-0.4, -0.2) is 56.7 Å². The van der Waals surface area contributed by atoms with E-state index in [4.69, 9.17) is 0 Å². The predicted octanol–water partition coefficient (Wildman–Crippen LogP) is 2.96. The number of carbonyl (C=O) groups is 1. The fourth-order valence-corrected chi connectivity index (χ4v) is 4.52. The Morgan fingerprint density at radius 1 is 1.25 bits per heavy atom. The monoisotopic (exact) mass is 402 g/mol. The summed E-state index contributed by atoms with van der Waals surface area (Å²) in [6, 6.07) is 4.87. The lowest BCUT2D eigenvalue weighted by Crippen LogP contribution is -2.40. The molecule has 0 atom stereocenters. The van der Waals surface area contributed by atoms with Gasteiger partial charge in [0, 0.05) is 26.1 Å². The molecule has 4 rings (SSSR count). The number of aromatic nitrogens is 4. The van der Waals surface area contributed by atoms with Crippen LogP contribution in [0.4, 0.5) is 9.52 Å². The van der Waals surface area contributed by atoms with Crippen molar-refractivity contribution in [3.05, 3.63) is 35.7 Å². The number of halogens is 1. The van der Waals surface area contributed by atoms with E-state index in [0.29, 0.717) is 29.6 Å². The van der Waals surface area contributed by atoms with E-state index in [1.165, 1.54) is 17.4 Å². The van der Waals surface area contributed by atoms with Crippen LogP contribution in [0.15, 0.2) is 18.2 Å². The van der Waals surface area contributed by atoms with Gasteiger partial charge in [0.2, 0.25) is 5.82 Å². The number of carbonyl (C=O) groups excluding carboxylic acids is 1. The largest absolute Gasteiger partial charge is 0.307 e. The second kappa shape index (κ2) is 7.92. The number of benzene rings is 1. The normalized spacial score (nSPS) is 13.4. The predicted molar refractivity (Wildman–Crippen MR) is 107 cm³/mol. The van der Waals surface area contributed by atoms with Crippen LogP contribution >= 0.6 is 11.3 Å². The Hall–Kier alpha value is -2.39. The first-order chi connectivity index (χ1) is 13.6. The number of hydrogen-bond acceptors (Lipinski definition) is 6. The van der Waals surface area contributed by atoms with Crippen molar-refractivity contribution in [3.8, 4) is 0 Å². The van der Waals surface area contributed by atoms with Gasteiger partial charge in [-0.05, 0) is 31.6 Å². The van der Waals surface area contributed by atoms with E-state index in [-0.39, 0.29) is 11.7 Å². The molecule has 1 amide bonds. The van der Waals surface area contributed by atoms with E-state index in [9.17, 15) is 9.18 Å². The highest BCUT2D eigenvalue weighted by atomic mass is 32.1. The van der Waals surface area contributed by atoms with Crippen LogP contribution in [0, 0.1) is 5.82 Å². The van der Waals surface area contributed by atoms with E-state index in [1.807, 2.05) is 10.6 Å². The summed E-state index contributed by atoms with van der Waals surface area (Å²) in [6.07, 6.45) is 1.81. The molecule has 1 aliphatic heterocycles. The lowest BCUT2D eigenvalue weighted by atomic mass is 10.3. The molecule has 3 heterocycles. The molecule has 0 aliphatic carbocycles. The zero-order chi connectivity index (χ0) is 19.7.